The molecule has 0 bridgehead atoms. The Kier molecular flexibility index (Phi) is 6.46. The van der Waals surface area contributed by atoms with Crippen LogP contribution in [0.2, 0.25) is 10.0 Å². The Morgan fingerprint density at radius 2 is 1.74 bits per heavy atom. The van der Waals surface area contributed by atoms with Crippen molar-refractivity contribution in [2.75, 3.05) is 23.8 Å². The molecular formula is C24H22Cl2N4S. The second kappa shape index (κ2) is 9.27. The van der Waals surface area contributed by atoms with Crippen molar-refractivity contribution in [2.45, 2.75) is 13.1 Å². The number of rotatable bonds is 3. The molecule has 0 amide bonds. The summed E-state index contributed by atoms with van der Waals surface area (Å²) in [5.74, 6) is 0. The number of halogens is 2. The highest BCUT2D eigenvalue weighted by Gasteiger charge is 2.23. The number of benzodiazepines with no additional fused rings is 1. The molecule has 0 aromatic heterocycles. The van der Waals surface area contributed by atoms with Crippen LogP contribution < -0.4 is 15.5 Å². The van der Waals surface area contributed by atoms with Crippen molar-refractivity contribution >= 4 is 57.6 Å². The molecule has 1 heterocycles. The monoisotopic (exact) mass is 468 g/mol. The Morgan fingerprint density at radius 1 is 1.03 bits per heavy atom. The number of thiocarbonyl (C=S) groups is 1. The molecule has 1 unspecified atom stereocenters. The number of hydrogen-bond donors (Lipinski definition) is 2. The van der Waals surface area contributed by atoms with Crippen molar-refractivity contribution in [1.29, 1.82) is 0 Å². The average Bonchev–Trinajstić information content (AvgIpc) is 2.87. The summed E-state index contributed by atoms with van der Waals surface area (Å²) in [5, 5.41) is 8.42. The van der Waals surface area contributed by atoms with Crippen LogP contribution in [-0.4, -0.2) is 30.6 Å². The van der Waals surface area contributed by atoms with Crippen LogP contribution >= 0.6 is 35.4 Å². The number of benzene rings is 3. The van der Waals surface area contributed by atoms with Crippen LogP contribution in [-0.2, 0) is 0 Å². The highest BCUT2D eigenvalue weighted by atomic mass is 35.5. The Morgan fingerprint density at radius 3 is 2.52 bits per heavy atom. The van der Waals surface area contributed by atoms with Crippen molar-refractivity contribution in [2.24, 2.45) is 4.99 Å². The maximum Gasteiger partial charge on any atom is 0.172 e. The van der Waals surface area contributed by atoms with Gasteiger partial charge in [0.1, 0.15) is 6.17 Å². The molecule has 0 saturated heterocycles. The van der Waals surface area contributed by atoms with Crippen LogP contribution in [0.4, 0.5) is 11.4 Å². The van der Waals surface area contributed by atoms with E-state index >= 15 is 0 Å². The first-order valence-corrected chi connectivity index (χ1v) is 11.0. The predicted molar refractivity (Wildman–Crippen MR) is 136 cm³/mol. The van der Waals surface area contributed by atoms with E-state index in [1.54, 1.807) is 0 Å². The van der Waals surface area contributed by atoms with Gasteiger partial charge in [0.2, 0.25) is 0 Å². The van der Waals surface area contributed by atoms with Gasteiger partial charge < -0.3 is 15.5 Å². The number of hydrogen-bond acceptors (Lipinski definition) is 3. The number of aryl methyl sites for hydroxylation is 1. The molecule has 1 atom stereocenters. The summed E-state index contributed by atoms with van der Waals surface area (Å²) in [5.41, 5.74) is 5.90. The van der Waals surface area contributed by atoms with Gasteiger partial charge in [0.15, 0.2) is 5.11 Å². The molecule has 2 N–H and O–H groups in total. The fourth-order valence-electron chi connectivity index (χ4n) is 3.60. The standard InChI is InChI=1S/C24H22Cl2N4S/c1-15-8-9-18(26)13-20(15)27-24(31)29-22-14-30(2)21-11-10-17(25)12-19(21)23(28-22)16-6-4-3-5-7-16/h3-13,22H,14H2,1-2H3,(H2,27,29,31). The summed E-state index contributed by atoms with van der Waals surface area (Å²) in [6, 6.07) is 21.7. The third-order valence-corrected chi connectivity index (χ3v) is 5.84. The largest absolute Gasteiger partial charge is 0.370 e. The highest BCUT2D eigenvalue weighted by molar-refractivity contribution is 7.80. The zero-order valence-corrected chi connectivity index (χ0v) is 19.5. The second-order valence-corrected chi connectivity index (χ2v) is 8.74. The fourth-order valence-corrected chi connectivity index (χ4v) is 4.19. The smallest absolute Gasteiger partial charge is 0.172 e. The number of anilines is 2. The maximum atomic E-state index is 6.34. The van der Waals surface area contributed by atoms with Crippen molar-refractivity contribution in [3.8, 4) is 0 Å². The van der Waals surface area contributed by atoms with E-state index in [9.17, 15) is 0 Å². The third kappa shape index (κ3) is 5.01. The molecular weight excluding hydrogens is 447 g/mol. The molecule has 3 aromatic rings. The normalized spacial score (nSPS) is 15.5. The number of nitrogens with one attached hydrogen (secondary N) is 2. The number of aliphatic imine (C=N–C) groups is 1. The third-order valence-electron chi connectivity index (χ3n) is 5.15. The van der Waals surface area contributed by atoms with E-state index in [0.29, 0.717) is 21.7 Å². The molecule has 158 valence electrons. The van der Waals surface area contributed by atoms with Crippen LogP contribution in [0.3, 0.4) is 0 Å². The van der Waals surface area contributed by atoms with Gasteiger partial charge in [-0.1, -0.05) is 59.6 Å². The first-order valence-electron chi connectivity index (χ1n) is 9.88. The lowest BCUT2D eigenvalue weighted by molar-refractivity contribution is 0.635. The van der Waals surface area contributed by atoms with Gasteiger partial charge in [-0.2, -0.15) is 0 Å². The summed E-state index contributed by atoms with van der Waals surface area (Å²) in [6.45, 7) is 2.65. The maximum absolute atomic E-state index is 6.34. The van der Waals surface area contributed by atoms with Crippen LogP contribution in [0.5, 0.6) is 0 Å². The van der Waals surface area contributed by atoms with Crippen molar-refractivity contribution < 1.29 is 0 Å². The quantitative estimate of drug-likeness (QED) is 0.469. The van der Waals surface area contributed by atoms with Gasteiger partial charge in [0.05, 0.1) is 12.3 Å². The zero-order valence-electron chi connectivity index (χ0n) is 17.2. The fraction of sp³-hybridized carbons (Fsp3) is 0.167. The van der Waals surface area contributed by atoms with E-state index in [1.165, 1.54) is 0 Å². The SMILES string of the molecule is Cc1ccc(Cl)cc1NC(=S)NC1CN(C)c2ccc(Cl)cc2C(c2ccccc2)=N1. The Labute approximate surface area is 197 Å². The van der Waals surface area contributed by atoms with Crippen molar-refractivity contribution in [3.05, 3.63) is 93.5 Å². The summed E-state index contributed by atoms with van der Waals surface area (Å²) in [7, 11) is 2.04. The lowest BCUT2D eigenvalue weighted by Gasteiger charge is -2.24. The Hall–Kier alpha value is -2.60. The van der Waals surface area contributed by atoms with E-state index in [-0.39, 0.29) is 6.17 Å². The molecule has 31 heavy (non-hydrogen) atoms. The second-order valence-electron chi connectivity index (χ2n) is 7.46. The van der Waals surface area contributed by atoms with Gasteiger partial charge in [-0.25, -0.2) is 0 Å². The van der Waals surface area contributed by atoms with Gasteiger partial charge in [-0.15, -0.1) is 0 Å². The minimum atomic E-state index is -0.258. The summed E-state index contributed by atoms with van der Waals surface area (Å²) in [6.07, 6.45) is -0.258. The van der Waals surface area contributed by atoms with Crippen LogP contribution in [0.1, 0.15) is 16.7 Å². The summed E-state index contributed by atoms with van der Waals surface area (Å²) >= 11 is 18.1. The summed E-state index contributed by atoms with van der Waals surface area (Å²) < 4.78 is 0. The first kappa shape index (κ1) is 21.6. The lowest BCUT2D eigenvalue weighted by Crippen LogP contribution is -2.43. The topological polar surface area (TPSA) is 39.7 Å². The Balaban J connectivity index is 1.66. The van der Waals surface area contributed by atoms with Gasteiger partial charge in [-0.05, 0) is 55.0 Å². The molecule has 1 aliphatic rings. The molecule has 7 heteroatoms. The molecule has 0 fully saturated rings. The van der Waals surface area contributed by atoms with Crippen molar-refractivity contribution in [1.82, 2.24) is 5.32 Å². The summed E-state index contributed by atoms with van der Waals surface area (Å²) in [4.78, 5) is 7.21. The Bertz CT molecular complexity index is 1150. The molecule has 4 nitrogen and oxygen atoms in total. The molecule has 0 saturated carbocycles. The first-order chi connectivity index (χ1) is 14.9. The van der Waals surface area contributed by atoms with E-state index in [0.717, 1.165) is 33.8 Å². The van der Waals surface area contributed by atoms with Crippen LogP contribution in [0.25, 0.3) is 0 Å². The minimum absolute atomic E-state index is 0.258. The number of fused-ring (bicyclic) bond motifs is 1. The van der Waals surface area contributed by atoms with E-state index in [2.05, 4.69) is 27.7 Å². The van der Waals surface area contributed by atoms with Gasteiger partial charge in [-0.3, -0.25) is 4.99 Å². The predicted octanol–water partition coefficient (Wildman–Crippen LogP) is 5.90. The highest BCUT2D eigenvalue weighted by Crippen LogP contribution is 2.29. The van der Waals surface area contributed by atoms with E-state index < -0.39 is 0 Å². The minimum Gasteiger partial charge on any atom is -0.370 e. The van der Waals surface area contributed by atoms with Gasteiger partial charge in [0.25, 0.3) is 0 Å². The number of likely N-dealkylation sites (N-methyl/N-ethyl adjacent to an activating group) is 1. The number of nitrogens with zero attached hydrogens (tertiary/aromatic N) is 2. The van der Waals surface area contributed by atoms with Crippen LogP contribution in [0.15, 0.2) is 71.7 Å². The van der Waals surface area contributed by atoms with Crippen molar-refractivity contribution in [3.63, 3.8) is 0 Å². The molecule has 4 rings (SSSR count). The van der Waals surface area contributed by atoms with Gasteiger partial charge in [0, 0.05) is 39.6 Å². The van der Waals surface area contributed by atoms with E-state index in [4.69, 9.17) is 40.4 Å². The molecule has 0 aliphatic carbocycles. The molecule has 0 radical (unpaired) electrons. The lowest BCUT2D eigenvalue weighted by atomic mass is 10.0. The molecule has 1 aliphatic heterocycles. The molecule has 3 aromatic carbocycles. The van der Waals surface area contributed by atoms with E-state index in [1.807, 2.05) is 68.6 Å². The van der Waals surface area contributed by atoms with Gasteiger partial charge >= 0.3 is 0 Å². The van der Waals surface area contributed by atoms with Crippen LogP contribution in [0, 0.1) is 6.92 Å². The average molecular weight is 469 g/mol. The molecule has 0 spiro atoms. The zero-order chi connectivity index (χ0) is 22.0.